The topological polar surface area (TPSA) is 63.4 Å². The van der Waals surface area contributed by atoms with Gasteiger partial charge in [0.15, 0.2) is 0 Å². The van der Waals surface area contributed by atoms with Gasteiger partial charge in [-0.3, -0.25) is 0 Å². The predicted octanol–water partition coefficient (Wildman–Crippen LogP) is 2.53. The number of hydrogen-bond donors (Lipinski definition) is 1. The van der Waals surface area contributed by atoms with Crippen LogP contribution in [0.25, 0.3) is 0 Å². The highest BCUT2D eigenvalue weighted by atomic mass is 35.5. The molecule has 1 aromatic rings. The number of nitrogens with zero attached hydrogens (tertiary/aromatic N) is 1. The molecule has 108 valence electrons. The SMILES string of the molecule is Cl.NC1CCN(S(=O)(=O)c2ccc(Cl)c(Cl)c2)CC1. The van der Waals surface area contributed by atoms with Crippen LogP contribution in [0.4, 0.5) is 0 Å². The Kier molecular flexibility index (Phi) is 5.92. The summed E-state index contributed by atoms with van der Waals surface area (Å²) >= 11 is 11.6. The molecular weight excluding hydrogens is 331 g/mol. The molecule has 1 aromatic carbocycles. The van der Waals surface area contributed by atoms with Crippen molar-refractivity contribution >= 4 is 45.6 Å². The minimum Gasteiger partial charge on any atom is -0.328 e. The van der Waals surface area contributed by atoms with E-state index in [1.54, 1.807) is 0 Å². The van der Waals surface area contributed by atoms with Gasteiger partial charge >= 0.3 is 0 Å². The average Bonchev–Trinajstić information content (AvgIpc) is 2.33. The van der Waals surface area contributed by atoms with E-state index in [4.69, 9.17) is 28.9 Å². The molecule has 1 heterocycles. The number of piperidine rings is 1. The predicted molar refractivity (Wildman–Crippen MR) is 79.7 cm³/mol. The van der Waals surface area contributed by atoms with Crippen LogP contribution in [0.3, 0.4) is 0 Å². The van der Waals surface area contributed by atoms with Crippen LogP contribution in [0.5, 0.6) is 0 Å². The molecule has 0 amide bonds. The van der Waals surface area contributed by atoms with Crippen molar-refractivity contribution in [2.24, 2.45) is 5.73 Å². The first kappa shape index (κ1) is 17.0. The van der Waals surface area contributed by atoms with Gasteiger partial charge in [0, 0.05) is 19.1 Å². The highest BCUT2D eigenvalue weighted by molar-refractivity contribution is 7.89. The molecule has 1 aliphatic rings. The van der Waals surface area contributed by atoms with E-state index in [9.17, 15) is 8.42 Å². The normalized spacial score (nSPS) is 18.1. The van der Waals surface area contributed by atoms with E-state index in [1.807, 2.05) is 0 Å². The Morgan fingerprint density at radius 3 is 2.26 bits per heavy atom. The Labute approximate surface area is 129 Å². The van der Waals surface area contributed by atoms with Crippen LogP contribution >= 0.6 is 35.6 Å². The summed E-state index contributed by atoms with van der Waals surface area (Å²) in [5.41, 5.74) is 5.76. The molecule has 19 heavy (non-hydrogen) atoms. The lowest BCUT2D eigenvalue weighted by Gasteiger charge is -2.29. The molecule has 8 heteroatoms. The summed E-state index contributed by atoms with van der Waals surface area (Å²) in [7, 11) is -3.49. The zero-order chi connectivity index (χ0) is 13.3. The third kappa shape index (κ3) is 3.74. The summed E-state index contributed by atoms with van der Waals surface area (Å²) in [6.45, 7) is 0.896. The van der Waals surface area contributed by atoms with Crippen LogP contribution in [0.2, 0.25) is 10.0 Å². The number of hydrogen-bond acceptors (Lipinski definition) is 3. The molecule has 1 saturated heterocycles. The van der Waals surface area contributed by atoms with E-state index < -0.39 is 10.0 Å². The monoisotopic (exact) mass is 344 g/mol. The van der Waals surface area contributed by atoms with Crippen LogP contribution in [0.15, 0.2) is 23.1 Å². The first-order chi connectivity index (χ1) is 8.41. The summed E-state index contributed by atoms with van der Waals surface area (Å²) in [5, 5.41) is 0.586. The van der Waals surface area contributed by atoms with E-state index in [0.717, 1.165) is 0 Å². The van der Waals surface area contributed by atoms with E-state index in [1.165, 1.54) is 22.5 Å². The fourth-order valence-electron chi connectivity index (χ4n) is 1.90. The second-order valence-electron chi connectivity index (χ2n) is 4.32. The van der Waals surface area contributed by atoms with Gasteiger partial charge in [-0.05, 0) is 31.0 Å². The maximum atomic E-state index is 12.3. The lowest BCUT2D eigenvalue weighted by atomic mass is 10.1. The first-order valence-electron chi connectivity index (χ1n) is 5.62. The molecule has 0 saturated carbocycles. The molecule has 2 N–H and O–H groups in total. The number of nitrogens with two attached hydrogens (primary N) is 1. The van der Waals surface area contributed by atoms with Crippen LogP contribution in [0.1, 0.15) is 12.8 Å². The zero-order valence-corrected chi connectivity index (χ0v) is 13.2. The van der Waals surface area contributed by atoms with E-state index in [2.05, 4.69) is 0 Å². The van der Waals surface area contributed by atoms with Crippen molar-refractivity contribution < 1.29 is 8.42 Å². The highest BCUT2D eigenvalue weighted by Gasteiger charge is 2.28. The number of benzene rings is 1. The molecule has 0 unspecified atom stereocenters. The van der Waals surface area contributed by atoms with Crippen molar-refractivity contribution in [2.75, 3.05) is 13.1 Å². The van der Waals surface area contributed by atoms with Gasteiger partial charge in [-0.2, -0.15) is 4.31 Å². The molecule has 0 aromatic heterocycles. The fraction of sp³-hybridized carbons (Fsp3) is 0.455. The smallest absolute Gasteiger partial charge is 0.243 e. The van der Waals surface area contributed by atoms with Gasteiger partial charge < -0.3 is 5.73 Å². The molecular formula is C11H15Cl3N2O2S. The van der Waals surface area contributed by atoms with Crippen molar-refractivity contribution in [1.82, 2.24) is 4.31 Å². The Morgan fingerprint density at radius 1 is 1.16 bits per heavy atom. The summed E-state index contributed by atoms with van der Waals surface area (Å²) in [6.07, 6.45) is 1.36. The van der Waals surface area contributed by atoms with Gasteiger partial charge in [-0.25, -0.2) is 8.42 Å². The summed E-state index contributed by atoms with van der Waals surface area (Å²) < 4.78 is 26.1. The Bertz CT molecular complexity index is 543. The maximum absolute atomic E-state index is 12.3. The van der Waals surface area contributed by atoms with Crippen molar-refractivity contribution in [3.8, 4) is 0 Å². The number of rotatable bonds is 2. The van der Waals surface area contributed by atoms with Crippen molar-refractivity contribution in [1.29, 1.82) is 0 Å². The third-order valence-corrected chi connectivity index (χ3v) is 5.66. The summed E-state index contributed by atoms with van der Waals surface area (Å²) in [4.78, 5) is 0.173. The zero-order valence-electron chi connectivity index (χ0n) is 10.1. The van der Waals surface area contributed by atoms with Crippen molar-refractivity contribution in [3.05, 3.63) is 28.2 Å². The van der Waals surface area contributed by atoms with Crippen LogP contribution in [0, 0.1) is 0 Å². The van der Waals surface area contributed by atoms with E-state index >= 15 is 0 Å². The second-order valence-corrected chi connectivity index (χ2v) is 7.07. The minimum atomic E-state index is -3.49. The van der Waals surface area contributed by atoms with E-state index in [-0.39, 0.29) is 28.4 Å². The molecule has 0 atom stereocenters. The van der Waals surface area contributed by atoms with Crippen LogP contribution in [-0.2, 0) is 10.0 Å². The lowest BCUT2D eigenvalue weighted by Crippen LogP contribution is -2.42. The Morgan fingerprint density at radius 2 is 1.74 bits per heavy atom. The highest BCUT2D eigenvalue weighted by Crippen LogP contribution is 2.27. The van der Waals surface area contributed by atoms with Gasteiger partial charge in [0.05, 0.1) is 14.9 Å². The molecule has 0 radical (unpaired) electrons. The summed E-state index contributed by atoms with van der Waals surface area (Å²) in [5.74, 6) is 0. The third-order valence-electron chi connectivity index (χ3n) is 3.03. The quantitative estimate of drug-likeness (QED) is 0.896. The number of sulfonamides is 1. The largest absolute Gasteiger partial charge is 0.328 e. The first-order valence-corrected chi connectivity index (χ1v) is 7.81. The van der Waals surface area contributed by atoms with Crippen LogP contribution < -0.4 is 5.73 Å². The van der Waals surface area contributed by atoms with Gasteiger partial charge in [0.25, 0.3) is 0 Å². The number of halogens is 3. The molecule has 0 spiro atoms. The molecule has 2 rings (SSSR count). The van der Waals surface area contributed by atoms with Gasteiger partial charge in [-0.1, -0.05) is 23.2 Å². The van der Waals surface area contributed by atoms with Crippen LogP contribution in [-0.4, -0.2) is 31.9 Å². The van der Waals surface area contributed by atoms with E-state index in [0.29, 0.717) is 31.0 Å². The maximum Gasteiger partial charge on any atom is 0.243 e. The Hall–Kier alpha value is -0.0400. The fourth-order valence-corrected chi connectivity index (χ4v) is 3.76. The molecule has 1 fully saturated rings. The summed E-state index contributed by atoms with van der Waals surface area (Å²) in [6, 6.07) is 4.43. The Balaban J connectivity index is 0.00000180. The molecule has 1 aliphatic heterocycles. The average molecular weight is 346 g/mol. The second kappa shape index (κ2) is 6.61. The molecule has 0 bridgehead atoms. The molecule has 0 aliphatic carbocycles. The van der Waals surface area contributed by atoms with Gasteiger partial charge in [0.2, 0.25) is 10.0 Å². The van der Waals surface area contributed by atoms with Crippen molar-refractivity contribution in [3.63, 3.8) is 0 Å². The molecule has 4 nitrogen and oxygen atoms in total. The minimum absolute atomic E-state index is 0. The lowest BCUT2D eigenvalue weighted by molar-refractivity contribution is 0.320. The van der Waals surface area contributed by atoms with Gasteiger partial charge in [0.1, 0.15) is 0 Å². The van der Waals surface area contributed by atoms with Gasteiger partial charge in [-0.15, -0.1) is 12.4 Å². The van der Waals surface area contributed by atoms with Crippen molar-refractivity contribution in [2.45, 2.75) is 23.8 Å². The standard InChI is InChI=1S/C11H14Cl2N2O2S.ClH/c12-10-2-1-9(7-11(10)13)18(16,17)15-5-3-8(14)4-6-15;/h1-2,7-8H,3-6,14H2;1H.